The molecule has 3 aromatic rings. The summed E-state index contributed by atoms with van der Waals surface area (Å²) in [5.41, 5.74) is 1.08. The van der Waals surface area contributed by atoms with Crippen LogP contribution in [-0.2, 0) is 0 Å². The maximum absolute atomic E-state index is 14.3. The summed E-state index contributed by atoms with van der Waals surface area (Å²) in [6, 6.07) is 12.5. The van der Waals surface area contributed by atoms with E-state index < -0.39 is 17.6 Å². The van der Waals surface area contributed by atoms with Gasteiger partial charge in [0.25, 0.3) is 0 Å². The fraction of sp³-hybridized carbons (Fsp3) is 0.296. The topological polar surface area (TPSA) is 46.5 Å². The molecule has 3 rings (SSSR count). The summed E-state index contributed by atoms with van der Waals surface area (Å²) < 4.78 is 34.0. The SMILES string of the molecule is CCCCCCCCOc1c(F)cc(C#Cc2ccc3cc(C(=O)O)ccc3c2)cc1F. The largest absolute Gasteiger partial charge is 0.488 e. The average Bonchev–Trinajstić information content (AvgIpc) is 2.78. The Labute approximate surface area is 187 Å². The molecular formula is C27H26F2O3. The quantitative estimate of drug-likeness (QED) is 0.291. The zero-order valence-corrected chi connectivity index (χ0v) is 18.1. The van der Waals surface area contributed by atoms with Crippen molar-refractivity contribution in [2.75, 3.05) is 6.61 Å². The minimum atomic E-state index is -0.987. The molecule has 5 heteroatoms. The molecule has 0 saturated heterocycles. The highest BCUT2D eigenvalue weighted by molar-refractivity contribution is 5.94. The third kappa shape index (κ3) is 6.31. The van der Waals surface area contributed by atoms with E-state index in [0.29, 0.717) is 5.56 Å². The standard InChI is InChI=1S/C27H26F2O3/c1-2-3-4-5-6-7-14-32-26-24(28)16-20(17-25(26)29)9-8-19-10-11-22-18-23(27(30)31)13-12-21(22)15-19/h10-13,15-18H,2-7,14H2,1H3,(H,30,31). The molecule has 3 nitrogen and oxygen atoms in total. The molecule has 0 atom stereocenters. The number of carboxylic acid groups (broad SMARTS) is 1. The highest BCUT2D eigenvalue weighted by Crippen LogP contribution is 2.24. The Kier molecular flexibility index (Phi) is 8.21. The molecular weight excluding hydrogens is 410 g/mol. The number of halogens is 2. The van der Waals surface area contributed by atoms with Crippen LogP contribution in [0.2, 0.25) is 0 Å². The van der Waals surface area contributed by atoms with Crippen molar-refractivity contribution >= 4 is 16.7 Å². The zero-order valence-electron chi connectivity index (χ0n) is 18.1. The number of hydrogen-bond donors (Lipinski definition) is 1. The number of hydrogen-bond acceptors (Lipinski definition) is 2. The van der Waals surface area contributed by atoms with Crippen molar-refractivity contribution in [1.82, 2.24) is 0 Å². The van der Waals surface area contributed by atoms with E-state index in [4.69, 9.17) is 9.84 Å². The molecule has 0 fully saturated rings. The molecule has 0 spiro atoms. The van der Waals surface area contributed by atoms with Crippen molar-refractivity contribution in [2.24, 2.45) is 0 Å². The summed E-state index contributed by atoms with van der Waals surface area (Å²) in [5, 5.41) is 10.7. The minimum absolute atomic E-state index is 0.209. The van der Waals surface area contributed by atoms with Gasteiger partial charge in [0.1, 0.15) is 0 Å². The van der Waals surface area contributed by atoms with Crippen molar-refractivity contribution < 1.29 is 23.4 Å². The molecule has 166 valence electrons. The summed E-state index contributed by atoms with van der Waals surface area (Å²) in [6.07, 6.45) is 6.41. The molecule has 0 aromatic heterocycles. The molecule has 0 heterocycles. The Morgan fingerprint density at radius 3 is 2.19 bits per heavy atom. The number of unbranched alkanes of at least 4 members (excludes halogenated alkanes) is 5. The summed E-state index contributed by atoms with van der Waals surface area (Å²) in [5.74, 6) is 2.81. The first-order valence-electron chi connectivity index (χ1n) is 10.9. The summed E-state index contributed by atoms with van der Waals surface area (Å²) in [4.78, 5) is 11.1. The van der Waals surface area contributed by atoms with Gasteiger partial charge in [-0.1, -0.05) is 63.0 Å². The van der Waals surface area contributed by atoms with Gasteiger partial charge in [0.15, 0.2) is 17.4 Å². The van der Waals surface area contributed by atoms with E-state index >= 15 is 0 Å². The fourth-order valence-corrected chi connectivity index (χ4v) is 3.43. The predicted molar refractivity (Wildman–Crippen MR) is 122 cm³/mol. The number of carbonyl (C=O) groups is 1. The second-order valence-electron chi connectivity index (χ2n) is 7.72. The highest BCUT2D eigenvalue weighted by Gasteiger charge is 2.12. The van der Waals surface area contributed by atoms with Gasteiger partial charge in [0.2, 0.25) is 0 Å². The van der Waals surface area contributed by atoms with E-state index in [9.17, 15) is 13.6 Å². The summed E-state index contributed by atoms with van der Waals surface area (Å²) in [6.45, 7) is 2.44. The van der Waals surface area contributed by atoms with Crippen molar-refractivity contribution in [3.05, 3.63) is 76.9 Å². The maximum Gasteiger partial charge on any atom is 0.335 e. The van der Waals surface area contributed by atoms with Crippen LogP contribution in [0.1, 0.15) is 66.9 Å². The lowest BCUT2D eigenvalue weighted by molar-refractivity contribution is 0.0697. The first-order chi connectivity index (χ1) is 15.5. The lowest BCUT2D eigenvalue weighted by Crippen LogP contribution is -2.02. The van der Waals surface area contributed by atoms with Gasteiger partial charge in [-0.25, -0.2) is 13.6 Å². The Morgan fingerprint density at radius 2 is 1.47 bits per heavy atom. The van der Waals surface area contributed by atoms with Crippen LogP contribution in [0.4, 0.5) is 8.78 Å². The van der Waals surface area contributed by atoms with E-state index in [2.05, 4.69) is 18.8 Å². The number of benzene rings is 3. The Morgan fingerprint density at radius 1 is 0.844 bits per heavy atom. The van der Waals surface area contributed by atoms with E-state index in [1.165, 1.54) is 37.5 Å². The maximum atomic E-state index is 14.3. The Bertz CT molecular complexity index is 1140. The van der Waals surface area contributed by atoms with Gasteiger partial charge < -0.3 is 9.84 Å². The van der Waals surface area contributed by atoms with Gasteiger partial charge in [0.05, 0.1) is 12.2 Å². The van der Waals surface area contributed by atoms with E-state index in [-0.39, 0.29) is 23.5 Å². The number of rotatable bonds is 9. The minimum Gasteiger partial charge on any atom is -0.488 e. The van der Waals surface area contributed by atoms with Crippen LogP contribution in [0.25, 0.3) is 10.8 Å². The van der Waals surface area contributed by atoms with Crippen molar-refractivity contribution in [3.63, 3.8) is 0 Å². The second-order valence-corrected chi connectivity index (χ2v) is 7.72. The van der Waals surface area contributed by atoms with Crippen LogP contribution in [0.3, 0.4) is 0 Å². The van der Waals surface area contributed by atoms with E-state index in [1.807, 2.05) is 0 Å². The van der Waals surface area contributed by atoms with Gasteiger partial charge >= 0.3 is 5.97 Å². The third-order valence-electron chi connectivity index (χ3n) is 5.18. The number of fused-ring (bicyclic) bond motifs is 1. The van der Waals surface area contributed by atoms with Gasteiger partial charge in [-0.15, -0.1) is 0 Å². The van der Waals surface area contributed by atoms with Gasteiger partial charge in [-0.05, 0) is 53.6 Å². The van der Waals surface area contributed by atoms with Crippen LogP contribution in [0.15, 0.2) is 48.5 Å². The molecule has 0 saturated carbocycles. The van der Waals surface area contributed by atoms with Crippen LogP contribution < -0.4 is 4.74 Å². The third-order valence-corrected chi connectivity index (χ3v) is 5.18. The van der Waals surface area contributed by atoms with Crippen molar-refractivity contribution in [2.45, 2.75) is 45.4 Å². The molecule has 0 aliphatic heterocycles. The van der Waals surface area contributed by atoms with Crippen LogP contribution in [0.5, 0.6) is 5.75 Å². The molecule has 0 bridgehead atoms. The van der Waals surface area contributed by atoms with Crippen LogP contribution in [-0.4, -0.2) is 17.7 Å². The van der Waals surface area contributed by atoms with Crippen molar-refractivity contribution in [3.8, 4) is 17.6 Å². The zero-order chi connectivity index (χ0) is 22.9. The Balaban J connectivity index is 1.66. The Hall–Kier alpha value is -3.39. The van der Waals surface area contributed by atoms with Gasteiger partial charge in [0, 0.05) is 11.1 Å². The summed E-state index contributed by atoms with van der Waals surface area (Å²) >= 11 is 0. The predicted octanol–water partition coefficient (Wildman–Crippen LogP) is 6.96. The first kappa shape index (κ1) is 23.3. The number of aromatic carboxylic acids is 1. The molecule has 1 N–H and O–H groups in total. The summed E-state index contributed by atoms with van der Waals surface area (Å²) in [7, 11) is 0. The molecule has 0 amide bonds. The number of ether oxygens (including phenoxy) is 1. The van der Waals surface area contributed by atoms with Crippen LogP contribution >= 0.6 is 0 Å². The average molecular weight is 436 g/mol. The smallest absolute Gasteiger partial charge is 0.335 e. The lowest BCUT2D eigenvalue weighted by atomic mass is 10.0. The van der Waals surface area contributed by atoms with E-state index in [1.54, 1.807) is 30.3 Å². The second kappa shape index (κ2) is 11.3. The highest BCUT2D eigenvalue weighted by atomic mass is 19.1. The van der Waals surface area contributed by atoms with Gasteiger partial charge in [-0.3, -0.25) is 0 Å². The van der Waals surface area contributed by atoms with E-state index in [0.717, 1.165) is 30.0 Å². The molecule has 0 aliphatic carbocycles. The lowest BCUT2D eigenvalue weighted by Gasteiger charge is -2.08. The first-order valence-corrected chi connectivity index (χ1v) is 10.9. The molecule has 0 unspecified atom stereocenters. The number of carboxylic acids is 1. The molecule has 0 aliphatic rings. The molecule has 0 radical (unpaired) electrons. The molecule has 32 heavy (non-hydrogen) atoms. The molecule has 3 aromatic carbocycles. The fourth-order valence-electron chi connectivity index (χ4n) is 3.43. The normalized spacial score (nSPS) is 10.6. The van der Waals surface area contributed by atoms with Crippen LogP contribution in [0, 0.1) is 23.5 Å². The van der Waals surface area contributed by atoms with Crippen molar-refractivity contribution in [1.29, 1.82) is 0 Å². The van der Waals surface area contributed by atoms with Gasteiger partial charge in [-0.2, -0.15) is 0 Å². The monoisotopic (exact) mass is 436 g/mol.